The third-order valence-corrected chi connectivity index (χ3v) is 5.07. The van der Waals surface area contributed by atoms with E-state index in [1.165, 1.54) is 10.6 Å². The summed E-state index contributed by atoms with van der Waals surface area (Å²) in [5, 5.41) is 9.43. The highest BCUT2D eigenvalue weighted by molar-refractivity contribution is 7.88. The van der Waals surface area contributed by atoms with Crippen molar-refractivity contribution in [3.05, 3.63) is 35.9 Å². The zero-order chi connectivity index (χ0) is 19.4. The molecular weight excluding hydrogens is 354 g/mol. The number of hydrogen-bond donors (Lipinski definition) is 1. The molecule has 1 N–H and O–H groups in total. The maximum Gasteiger partial charge on any atom is 0.305 e. The van der Waals surface area contributed by atoms with E-state index in [9.17, 15) is 18.3 Å². The molecule has 7 heteroatoms. The van der Waals surface area contributed by atoms with Crippen molar-refractivity contribution in [1.29, 1.82) is 0 Å². The number of carbonyl (C=O) groups is 1. The Kier molecular flexibility index (Phi) is 9.98. The summed E-state index contributed by atoms with van der Waals surface area (Å²) in [6.45, 7) is 2.92. The van der Waals surface area contributed by atoms with Gasteiger partial charge in [0.25, 0.3) is 0 Å². The molecule has 0 unspecified atom stereocenters. The maximum absolute atomic E-state index is 11.9. The Labute approximate surface area is 156 Å². The fraction of sp³-hybridized carbons (Fsp3) is 0.526. The van der Waals surface area contributed by atoms with Crippen molar-refractivity contribution in [1.82, 2.24) is 4.31 Å². The monoisotopic (exact) mass is 383 g/mol. The Hall–Kier alpha value is -1.86. The van der Waals surface area contributed by atoms with Crippen molar-refractivity contribution in [2.24, 2.45) is 0 Å². The number of sulfonamides is 1. The minimum Gasteiger partial charge on any atom is -0.508 e. The number of benzene rings is 1. The minimum atomic E-state index is -3.28. The summed E-state index contributed by atoms with van der Waals surface area (Å²) in [4.78, 5) is 11.2. The molecule has 1 aromatic carbocycles. The second-order valence-corrected chi connectivity index (χ2v) is 8.07. The number of carbonyl (C=O) groups excluding carboxylic acids is 1. The molecule has 26 heavy (non-hydrogen) atoms. The van der Waals surface area contributed by atoms with Gasteiger partial charge in [-0.15, -0.1) is 0 Å². The third kappa shape index (κ3) is 9.58. The van der Waals surface area contributed by atoms with Crippen LogP contribution >= 0.6 is 0 Å². The fourth-order valence-electron chi connectivity index (χ4n) is 2.47. The average molecular weight is 384 g/mol. The van der Waals surface area contributed by atoms with E-state index in [1.807, 2.05) is 6.07 Å². The van der Waals surface area contributed by atoms with Gasteiger partial charge in [-0.1, -0.05) is 37.1 Å². The van der Waals surface area contributed by atoms with Crippen molar-refractivity contribution >= 4 is 22.1 Å². The number of ether oxygens (including phenoxy) is 1. The third-order valence-electron chi connectivity index (χ3n) is 3.80. The highest BCUT2D eigenvalue weighted by Crippen LogP contribution is 2.13. The molecule has 0 aliphatic carbocycles. The molecule has 0 aliphatic rings. The first kappa shape index (κ1) is 22.2. The van der Waals surface area contributed by atoms with Crippen molar-refractivity contribution in [3.8, 4) is 5.75 Å². The van der Waals surface area contributed by atoms with Crippen LogP contribution in [0.5, 0.6) is 5.75 Å². The summed E-state index contributed by atoms with van der Waals surface area (Å²) in [7, 11) is -3.28. The summed E-state index contributed by atoms with van der Waals surface area (Å²) < 4.78 is 30.1. The number of unbranched alkanes of at least 4 members (excludes halogenated alkanes) is 3. The molecule has 0 saturated heterocycles. The van der Waals surface area contributed by atoms with Crippen molar-refractivity contribution in [2.75, 3.05) is 26.0 Å². The van der Waals surface area contributed by atoms with Crippen LogP contribution in [0.15, 0.2) is 30.3 Å². The molecule has 6 nitrogen and oxygen atoms in total. The lowest BCUT2D eigenvalue weighted by atomic mass is 10.1. The molecule has 0 aromatic heterocycles. The average Bonchev–Trinajstić information content (AvgIpc) is 2.55. The number of aromatic hydroxyl groups is 1. The largest absolute Gasteiger partial charge is 0.508 e. The number of hydrogen-bond acceptors (Lipinski definition) is 5. The zero-order valence-electron chi connectivity index (χ0n) is 15.6. The fourth-order valence-corrected chi connectivity index (χ4v) is 3.29. The summed E-state index contributed by atoms with van der Waals surface area (Å²) in [6, 6.07) is 6.77. The molecular formula is C19H29NO5S. The smallest absolute Gasteiger partial charge is 0.305 e. The van der Waals surface area contributed by atoms with Crippen LogP contribution in [0, 0.1) is 0 Å². The van der Waals surface area contributed by atoms with Gasteiger partial charge in [0.05, 0.1) is 12.9 Å². The van der Waals surface area contributed by atoms with E-state index in [1.54, 1.807) is 37.3 Å². The van der Waals surface area contributed by atoms with Gasteiger partial charge < -0.3 is 9.84 Å². The van der Waals surface area contributed by atoms with Gasteiger partial charge in [0.15, 0.2) is 0 Å². The number of rotatable bonds is 12. The Balaban J connectivity index is 2.37. The lowest BCUT2D eigenvalue weighted by Crippen LogP contribution is -2.31. The van der Waals surface area contributed by atoms with Gasteiger partial charge in [0.2, 0.25) is 10.0 Å². The number of esters is 1. The second-order valence-electron chi connectivity index (χ2n) is 6.09. The first-order valence-corrected chi connectivity index (χ1v) is 10.7. The van der Waals surface area contributed by atoms with Crippen LogP contribution in [0.1, 0.15) is 44.6 Å². The van der Waals surface area contributed by atoms with E-state index >= 15 is 0 Å². The van der Waals surface area contributed by atoms with Gasteiger partial charge in [-0.05, 0) is 37.5 Å². The van der Waals surface area contributed by atoms with Crippen LogP contribution in [0.4, 0.5) is 0 Å². The Morgan fingerprint density at radius 1 is 1.23 bits per heavy atom. The Morgan fingerprint density at radius 2 is 1.96 bits per heavy atom. The maximum atomic E-state index is 11.9. The topological polar surface area (TPSA) is 83.9 Å². The molecule has 1 rings (SSSR count). The lowest BCUT2D eigenvalue weighted by molar-refractivity contribution is -0.143. The van der Waals surface area contributed by atoms with Crippen LogP contribution in [0.3, 0.4) is 0 Å². The van der Waals surface area contributed by atoms with Crippen LogP contribution in [0.2, 0.25) is 0 Å². The second kappa shape index (κ2) is 11.7. The van der Waals surface area contributed by atoms with E-state index in [-0.39, 0.29) is 18.3 Å². The molecule has 0 bridgehead atoms. The van der Waals surface area contributed by atoms with Crippen LogP contribution in [-0.4, -0.2) is 49.8 Å². The van der Waals surface area contributed by atoms with E-state index in [2.05, 4.69) is 0 Å². The van der Waals surface area contributed by atoms with Gasteiger partial charge in [-0.3, -0.25) is 4.79 Å². The predicted molar refractivity (Wildman–Crippen MR) is 103 cm³/mol. The van der Waals surface area contributed by atoms with Gasteiger partial charge in [-0.2, -0.15) is 4.31 Å². The normalized spacial score (nSPS) is 12.0. The van der Waals surface area contributed by atoms with E-state index < -0.39 is 10.0 Å². The van der Waals surface area contributed by atoms with Crippen molar-refractivity contribution in [2.45, 2.75) is 39.0 Å². The van der Waals surface area contributed by atoms with Crippen molar-refractivity contribution in [3.63, 3.8) is 0 Å². The molecule has 0 saturated carbocycles. The number of phenols is 1. The standard InChI is InChI=1S/C19H29NO5S/c1-3-25-19(22)13-6-4-5-7-14-20(26(2,23)24)15-9-11-17-10-8-12-18(21)16-17/h8-12,16,21H,3-7,13-15H2,1-2H3. The number of nitrogens with zero attached hydrogens (tertiary/aromatic N) is 1. The minimum absolute atomic E-state index is 0.176. The molecule has 0 amide bonds. The lowest BCUT2D eigenvalue weighted by Gasteiger charge is -2.18. The quantitative estimate of drug-likeness (QED) is 0.443. The SMILES string of the molecule is CCOC(=O)CCCCCCN(CC=Cc1cccc(O)c1)S(C)(=O)=O. The van der Waals surface area contributed by atoms with Gasteiger partial charge in [-0.25, -0.2) is 8.42 Å². The highest BCUT2D eigenvalue weighted by Gasteiger charge is 2.14. The van der Waals surface area contributed by atoms with Crippen LogP contribution in [-0.2, 0) is 19.6 Å². The molecule has 0 spiro atoms. The highest BCUT2D eigenvalue weighted by atomic mass is 32.2. The van der Waals surface area contributed by atoms with Crippen LogP contribution in [0.25, 0.3) is 6.08 Å². The molecule has 1 aromatic rings. The molecule has 146 valence electrons. The summed E-state index contributed by atoms with van der Waals surface area (Å²) >= 11 is 0. The molecule has 0 fully saturated rings. The molecule has 0 aliphatic heterocycles. The summed E-state index contributed by atoms with van der Waals surface area (Å²) in [5.74, 6) is -0.00251. The predicted octanol–water partition coefficient (Wildman–Crippen LogP) is 3.18. The van der Waals surface area contributed by atoms with E-state index in [4.69, 9.17) is 4.74 Å². The van der Waals surface area contributed by atoms with Crippen molar-refractivity contribution < 1.29 is 23.1 Å². The van der Waals surface area contributed by atoms with E-state index in [0.29, 0.717) is 19.6 Å². The van der Waals surface area contributed by atoms with Gasteiger partial charge in [0.1, 0.15) is 5.75 Å². The first-order chi connectivity index (χ1) is 12.3. The first-order valence-electron chi connectivity index (χ1n) is 8.89. The molecule has 0 radical (unpaired) electrons. The van der Waals surface area contributed by atoms with Gasteiger partial charge in [0, 0.05) is 19.5 Å². The Bertz CT molecular complexity index is 685. The summed E-state index contributed by atoms with van der Waals surface area (Å²) in [5.41, 5.74) is 0.817. The Morgan fingerprint density at radius 3 is 2.62 bits per heavy atom. The summed E-state index contributed by atoms with van der Waals surface area (Å²) in [6.07, 6.45) is 8.42. The molecule has 0 heterocycles. The zero-order valence-corrected chi connectivity index (χ0v) is 16.4. The van der Waals surface area contributed by atoms with Gasteiger partial charge >= 0.3 is 5.97 Å². The number of phenolic OH excluding ortho intramolecular Hbond substituents is 1. The van der Waals surface area contributed by atoms with E-state index in [0.717, 1.165) is 31.2 Å². The van der Waals surface area contributed by atoms with Crippen LogP contribution < -0.4 is 0 Å². The molecule has 0 atom stereocenters.